The van der Waals surface area contributed by atoms with E-state index < -0.39 is 0 Å². The van der Waals surface area contributed by atoms with Crippen LogP contribution in [-0.2, 0) is 9.63 Å². The van der Waals surface area contributed by atoms with Crippen LogP contribution in [0.4, 0.5) is 0 Å². The monoisotopic (exact) mass is 352 g/mol. The van der Waals surface area contributed by atoms with E-state index in [0.29, 0.717) is 5.92 Å². The van der Waals surface area contributed by atoms with E-state index in [9.17, 15) is 4.79 Å². The number of rotatable bonds is 6. The van der Waals surface area contributed by atoms with Crippen LogP contribution in [-0.4, -0.2) is 48.7 Å². The maximum Gasteiger partial charge on any atom is 0.322 e. The molecule has 0 N–H and O–H groups in total. The zero-order valence-corrected chi connectivity index (χ0v) is 15.5. The molecule has 2 aromatic carbocycles. The first-order valence-corrected chi connectivity index (χ1v) is 9.48. The molecule has 4 nitrogen and oxygen atoms in total. The van der Waals surface area contributed by atoms with Crippen molar-refractivity contribution in [2.75, 3.05) is 32.7 Å². The van der Waals surface area contributed by atoms with E-state index in [-0.39, 0.29) is 5.97 Å². The maximum absolute atomic E-state index is 11.2. The maximum atomic E-state index is 11.2. The van der Waals surface area contributed by atoms with Crippen molar-refractivity contribution in [2.45, 2.75) is 25.7 Å². The Hall–Kier alpha value is -2.17. The number of hydrogen-bond donors (Lipinski definition) is 0. The molecule has 1 heterocycles. The van der Waals surface area contributed by atoms with Crippen molar-refractivity contribution in [3.05, 3.63) is 71.8 Å². The minimum Gasteiger partial charge on any atom is -0.368 e. The predicted molar refractivity (Wildman–Crippen MR) is 104 cm³/mol. The van der Waals surface area contributed by atoms with Crippen LogP contribution in [0.3, 0.4) is 0 Å². The standard InChI is InChI=1S/C22H28N2O2/c1-19(25)26-24-15-8-14-23(17-18-24)16-13-22(20-9-4-2-5-10-20)21-11-6-3-7-12-21/h2-7,9-12,22H,8,13-18H2,1H3. The molecule has 0 radical (unpaired) electrons. The van der Waals surface area contributed by atoms with Gasteiger partial charge in [0.1, 0.15) is 0 Å². The van der Waals surface area contributed by atoms with Crippen molar-refractivity contribution in [1.82, 2.24) is 9.96 Å². The summed E-state index contributed by atoms with van der Waals surface area (Å²) < 4.78 is 0. The molecule has 3 rings (SSSR count). The molecule has 0 saturated carbocycles. The van der Waals surface area contributed by atoms with Crippen LogP contribution >= 0.6 is 0 Å². The average Bonchev–Trinajstić information content (AvgIpc) is 2.88. The summed E-state index contributed by atoms with van der Waals surface area (Å²) in [7, 11) is 0. The Balaban J connectivity index is 1.62. The lowest BCUT2D eigenvalue weighted by Crippen LogP contribution is -2.33. The fourth-order valence-electron chi connectivity index (χ4n) is 3.65. The third-order valence-electron chi connectivity index (χ3n) is 4.94. The van der Waals surface area contributed by atoms with Gasteiger partial charge in [0, 0.05) is 32.5 Å². The Bertz CT molecular complexity index is 636. The Morgan fingerprint density at radius 1 is 0.923 bits per heavy atom. The average molecular weight is 352 g/mol. The SMILES string of the molecule is CC(=O)ON1CCCN(CCC(c2ccccc2)c2ccccc2)CC1. The quantitative estimate of drug-likeness (QED) is 0.794. The van der Waals surface area contributed by atoms with Crippen LogP contribution in [0.5, 0.6) is 0 Å². The second-order valence-electron chi connectivity index (χ2n) is 6.87. The molecule has 0 aromatic heterocycles. The van der Waals surface area contributed by atoms with Crippen molar-refractivity contribution < 1.29 is 9.63 Å². The van der Waals surface area contributed by atoms with Gasteiger partial charge in [-0.05, 0) is 37.1 Å². The van der Waals surface area contributed by atoms with Crippen LogP contribution in [0.1, 0.15) is 36.8 Å². The lowest BCUT2D eigenvalue weighted by Gasteiger charge is -2.24. The molecular weight excluding hydrogens is 324 g/mol. The largest absolute Gasteiger partial charge is 0.368 e. The molecule has 1 saturated heterocycles. The zero-order valence-electron chi connectivity index (χ0n) is 15.5. The number of nitrogens with zero attached hydrogens (tertiary/aromatic N) is 2. The van der Waals surface area contributed by atoms with E-state index in [1.165, 1.54) is 18.1 Å². The highest BCUT2D eigenvalue weighted by Crippen LogP contribution is 2.28. The van der Waals surface area contributed by atoms with Crippen molar-refractivity contribution in [1.29, 1.82) is 0 Å². The van der Waals surface area contributed by atoms with E-state index in [2.05, 4.69) is 65.6 Å². The van der Waals surface area contributed by atoms with Gasteiger partial charge >= 0.3 is 5.97 Å². The van der Waals surface area contributed by atoms with Gasteiger partial charge in [0.05, 0.1) is 0 Å². The van der Waals surface area contributed by atoms with Gasteiger partial charge < -0.3 is 9.74 Å². The highest BCUT2D eigenvalue weighted by Gasteiger charge is 2.19. The van der Waals surface area contributed by atoms with Crippen LogP contribution in [0.25, 0.3) is 0 Å². The van der Waals surface area contributed by atoms with E-state index in [0.717, 1.165) is 45.6 Å². The van der Waals surface area contributed by atoms with Crippen LogP contribution in [0, 0.1) is 0 Å². The Labute approximate surface area is 156 Å². The summed E-state index contributed by atoms with van der Waals surface area (Å²) >= 11 is 0. The minimum absolute atomic E-state index is 0.230. The minimum atomic E-state index is -0.230. The molecule has 4 heteroatoms. The first-order chi connectivity index (χ1) is 12.7. The summed E-state index contributed by atoms with van der Waals surface area (Å²) in [6.45, 7) is 6.09. The summed E-state index contributed by atoms with van der Waals surface area (Å²) in [4.78, 5) is 18.9. The van der Waals surface area contributed by atoms with Gasteiger partial charge in [-0.3, -0.25) is 4.79 Å². The van der Waals surface area contributed by atoms with Crippen molar-refractivity contribution in [3.63, 3.8) is 0 Å². The fourth-order valence-corrected chi connectivity index (χ4v) is 3.65. The van der Waals surface area contributed by atoms with Crippen LogP contribution in [0.2, 0.25) is 0 Å². The Kier molecular flexibility index (Phi) is 6.81. The summed E-state index contributed by atoms with van der Waals surface area (Å²) in [6.07, 6.45) is 2.11. The normalized spacial score (nSPS) is 16.4. The second kappa shape index (κ2) is 9.51. The van der Waals surface area contributed by atoms with Crippen molar-refractivity contribution in [2.24, 2.45) is 0 Å². The Morgan fingerprint density at radius 2 is 1.54 bits per heavy atom. The van der Waals surface area contributed by atoms with Crippen LogP contribution in [0.15, 0.2) is 60.7 Å². The molecule has 2 aromatic rings. The molecule has 1 fully saturated rings. The molecule has 0 unspecified atom stereocenters. The topological polar surface area (TPSA) is 32.8 Å². The summed E-state index contributed by atoms with van der Waals surface area (Å²) in [5.41, 5.74) is 2.74. The first-order valence-electron chi connectivity index (χ1n) is 9.48. The third-order valence-corrected chi connectivity index (χ3v) is 4.94. The molecule has 1 aliphatic heterocycles. The number of carbonyl (C=O) groups excluding carboxylic acids is 1. The third kappa shape index (κ3) is 5.41. The van der Waals surface area contributed by atoms with Gasteiger partial charge in [0.25, 0.3) is 0 Å². The number of hydrogen-bond acceptors (Lipinski definition) is 4. The number of carbonyl (C=O) groups is 1. The lowest BCUT2D eigenvalue weighted by atomic mass is 9.88. The first kappa shape index (κ1) is 18.6. The molecule has 0 spiro atoms. The van der Waals surface area contributed by atoms with E-state index >= 15 is 0 Å². The Morgan fingerprint density at radius 3 is 2.12 bits per heavy atom. The number of hydroxylamine groups is 2. The highest BCUT2D eigenvalue weighted by atomic mass is 16.7. The van der Waals surface area contributed by atoms with E-state index in [4.69, 9.17) is 4.84 Å². The van der Waals surface area contributed by atoms with Gasteiger partial charge in [0.2, 0.25) is 0 Å². The second-order valence-corrected chi connectivity index (χ2v) is 6.87. The summed E-state index contributed by atoms with van der Waals surface area (Å²) in [6, 6.07) is 21.5. The number of benzene rings is 2. The predicted octanol–water partition coefficient (Wildman–Crippen LogP) is 3.69. The van der Waals surface area contributed by atoms with Gasteiger partial charge in [-0.2, -0.15) is 0 Å². The van der Waals surface area contributed by atoms with E-state index in [1.807, 2.05) is 0 Å². The van der Waals surface area contributed by atoms with Gasteiger partial charge in [-0.15, -0.1) is 5.06 Å². The fraction of sp³-hybridized carbons (Fsp3) is 0.409. The van der Waals surface area contributed by atoms with Crippen molar-refractivity contribution in [3.8, 4) is 0 Å². The van der Waals surface area contributed by atoms with Crippen molar-refractivity contribution >= 4 is 5.97 Å². The molecule has 138 valence electrons. The molecule has 0 atom stereocenters. The summed E-state index contributed by atoms with van der Waals surface area (Å²) in [5, 5.41) is 1.80. The van der Waals surface area contributed by atoms with E-state index in [1.54, 1.807) is 5.06 Å². The summed E-state index contributed by atoms with van der Waals surface area (Å²) in [5.74, 6) is 0.178. The highest BCUT2D eigenvalue weighted by molar-refractivity contribution is 5.65. The molecule has 0 amide bonds. The van der Waals surface area contributed by atoms with Gasteiger partial charge in [0.15, 0.2) is 0 Å². The van der Waals surface area contributed by atoms with Gasteiger partial charge in [-0.1, -0.05) is 60.7 Å². The molecule has 0 bridgehead atoms. The molecule has 26 heavy (non-hydrogen) atoms. The lowest BCUT2D eigenvalue weighted by molar-refractivity contribution is -0.186. The van der Waals surface area contributed by atoms with Gasteiger partial charge in [-0.25, -0.2) is 0 Å². The molecular formula is C22H28N2O2. The molecule has 1 aliphatic rings. The zero-order chi connectivity index (χ0) is 18.2. The van der Waals surface area contributed by atoms with Crippen LogP contribution < -0.4 is 0 Å². The smallest absolute Gasteiger partial charge is 0.322 e. The molecule has 0 aliphatic carbocycles.